The SMILES string of the molecule is C#Cc1cc2c(s1)C(c1ccccc1)=NCc1c(C(=O)OC)ncn1-2. The number of fused-ring (bicyclic) bond motifs is 3. The monoisotopic (exact) mass is 347 g/mol. The van der Waals surface area contributed by atoms with Crippen molar-refractivity contribution in [1.82, 2.24) is 9.55 Å². The average molecular weight is 347 g/mol. The fourth-order valence-electron chi connectivity index (χ4n) is 2.84. The zero-order chi connectivity index (χ0) is 17.4. The highest BCUT2D eigenvalue weighted by Gasteiger charge is 2.26. The molecule has 0 spiro atoms. The Morgan fingerprint density at radius 3 is 2.88 bits per heavy atom. The van der Waals surface area contributed by atoms with E-state index in [9.17, 15) is 4.79 Å². The number of hydrogen-bond acceptors (Lipinski definition) is 5. The van der Waals surface area contributed by atoms with Gasteiger partial charge in [0.2, 0.25) is 0 Å². The maximum absolute atomic E-state index is 12.0. The van der Waals surface area contributed by atoms with Crippen LogP contribution in [0.25, 0.3) is 5.69 Å². The number of ether oxygens (including phenoxy) is 1. The van der Waals surface area contributed by atoms with Gasteiger partial charge in [0, 0.05) is 5.56 Å². The molecule has 4 rings (SSSR count). The van der Waals surface area contributed by atoms with Crippen molar-refractivity contribution in [2.24, 2.45) is 4.99 Å². The summed E-state index contributed by atoms with van der Waals surface area (Å²) in [6.07, 6.45) is 7.22. The molecule has 0 unspecified atom stereocenters. The molecule has 3 aromatic rings. The minimum absolute atomic E-state index is 0.278. The Hall–Kier alpha value is -3.17. The highest BCUT2D eigenvalue weighted by atomic mass is 32.1. The van der Waals surface area contributed by atoms with Crippen LogP contribution in [-0.2, 0) is 11.3 Å². The first-order valence-corrected chi connectivity index (χ1v) is 8.40. The molecule has 6 heteroatoms. The van der Waals surface area contributed by atoms with E-state index in [1.54, 1.807) is 6.33 Å². The van der Waals surface area contributed by atoms with Gasteiger partial charge in [-0.3, -0.25) is 9.56 Å². The highest BCUT2D eigenvalue weighted by molar-refractivity contribution is 7.15. The van der Waals surface area contributed by atoms with Crippen molar-refractivity contribution in [2.75, 3.05) is 7.11 Å². The standard InChI is InChI=1S/C19H13N3O2S/c1-3-13-9-14-18(25-13)16(12-7-5-4-6-8-12)20-10-15-17(19(23)24-2)21-11-22(14)15/h1,4-9,11H,10H2,2H3. The molecule has 1 aliphatic rings. The summed E-state index contributed by atoms with van der Waals surface area (Å²) in [4.78, 5) is 22.7. The molecule has 1 aliphatic heterocycles. The maximum Gasteiger partial charge on any atom is 0.358 e. The Labute approximate surface area is 148 Å². The lowest BCUT2D eigenvalue weighted by molar-refractivity contribution is 0.0593. The molecule has 0 bridgehead atoms. The van der Waals surface area contributed by atoms with Crippen LogP contribution in [0, 0.1) is 12.3 Å². The molecule has 0 saturated heterocycles. The van der Waals surface area contributed by atoms with Gasteiger partial charge in [-0.2, -0.15) is 0 Å². The summed E-state index contributed by atoms with van der Waals surface area (Å²) in [5.74, 6) is 2.22. The van der Waals surface area contributed by atoms with Gasteiger partial charge in [0.1, 0.15) is 6.33 Å². The Balaban J connectivity index is 1.96. The molecular formula is C19H13N3O2S. The molecule has 0 saturated carbocycles. The summed E-state index contributed by atoms with van der Waals surface area (Å²) >= 11 is 1.51. The van der Waals surface area contributed by atoms with Crippen LogP contribution < -0.4 is 0 Å². The predicted octanol–water partition coefficient (Wildman–Crippen LogP) is 3.05. The Bertz CT molecular complexity index is 1040. The molecule has 0 N–H and O–H groups in total. The smallest absolute Gasteiger partial charge is 0.358 e. The van der Waals surface area contributed by atoms with Crippen LogP contribution in [0.4, 0.5) is 0 Å². The van der Waals surface area contributed by atoms with E-state index < -0.39 is 5.97 Å². The minimum atomic E-state index is -0.471. The lowest BCUT2D eigenvalue weighted by Gasteiger charge is -2.06. The first-order valence-electron chi connectivity index (χ1n) is 7.58. The van der Waals surface area contributed by atoms with Gasteiger partial charge in [0.15, 0.2) is 5.69 Å². The number of thiophene rings is 1. The van der Waals surface area contributed by atoms with E-state index in [-0.39, 0.29) is 5.69 Å². The third-order valence-corrected chi connectivity index (χ3v) is 5.07. The number of terminal acetylenes is 1. The van der Waals surface area contributed by atoms with Crippen LogP contribution in [0.15, 0.2) is 47.7 Å². The van der Waals surface area contributed by atoms with E-state index in [1.807, 2.05) is 41.0 Å². The van der Waals surface area contributed by atoms with E-state index in [1.165, 1.54) is 18.4 Å². The third kappa shape index (κ3) is 2.46. The fraction of sp³-hybridized carbons (Fsp3) is 0.105. The van der Waals surface area contributed by atoms with Crippen LogP contribution in [0.1, 0.15) is 31.5 Å². The van der Waals surface area contributed by atoms with Crippen molar-refractivity contribution in [1.29, 1.82) is 0 Å². The molecule has 0 fully saturated rings. The summed E-state index contributed by atoms with van der Waals surface area (Å²) in [7, 11) is 1.34. The number of aliphatic imine (C=N–C) groups is 1. The topological polar surface area (TPSA) is 56.5 Å². The van der Waals surface area contributed by atoms with E-state index >= 15 is 0 Å². The lowest BCUT2D eigenvalue weighted by atomic mass is 10.1. The fourth-order valence-corrected chi connectivity index (χ4v) is 3.84. The summed E-state index contributed by atoms with van der Waals surface area (Å²) in [6, 6.07) is 11.9. The Morgan fingerprint density at radius 1 is 1.36 bits per heavy atom. The maximum atomic E-state index is 12.0. The minimum Gasteiger partial charge on any atom is -0.464 e. The molecule has 2 aromatic heterocycles. The van der Waals surface area contributed by atoms with Crippen LogP contribution in [0.5, 0.6) is 0 Å². The van der Waals surface area contributed by atoms with Gasteiger partial charge in [-0.25, -0.2) is 9.78 Å². The van der Waals surface area contributed by atoms with Crippen molar-refractivity contribution in [3.05, 3.63) is 69.4 Å². The second-order valence-electron chi connectivity index (χ2n) is 5.40. The Morgan fingerprint density at radius 2 is 2.16 bits per heavy atom. The largest absolute Gasteiger partial charge is 0.464 e. The molecule has 25 heavy (non-hydrogen) atoms. The summed E-state index contributed by atoms with van der Waals surface area (Å²) in [5.41, 5.74) is 3.73. The summed E-state index contributed by atoms with van der Waals surface area (Å²) in [6.45, 7) is 0.335. The molecule has 0 aliphatic carbocycles. The molecule has 1 aromatic carbocycles. The number of carbonyl (C=O) groups is 1. The van der Waals surface area contributed by atoms with Gasteiger partial charge in [-0.15, -0.1) is 17.8 Å². The van der Waals surface area contributed by atoms with Crippen LogP contribution in [0.2, 0.25) is 0 Å². The highest BCUT2D eigenvalue weighted by Crippen LogP contribution is 2.32. The average Bonchev–Trinajstić information content (AvgIpc) is 3.23. The predicted molar refractivity (Wildman–Crippen MR) is 96.5 cm³/mol. The molecule has 0 amide bonds. The molecule has 3 heterocycles. The van der Waals surface area contributed by atoms with E-state index in [0.29, 0.717) is 12.2 Å². The van der Waals surface area contributed by atoms with Crippen molar-refractivity contribution in [3.8, 4) is 18.0 Å². The zero-order valence-electron chi connectivity index (χ0n) is 13.4. The van der Waals surface area contributed by atoms with Crippen molar-refractivity contribution in [3.63, 3.8) is 0 Å². The van der Waals surface area contributed by atoms with Gasteiger partial charge in [0.05, 0.1) is 40.5 Å². The lowest BCUT2D eigenvalue weighted by Crippen LogP contribution is -2.07. The molecule has 0 radical (unpaired) electrons. The number of benzene rings is 1. The second-order valence-corrected chi connectivity index (χ2v) is 6.45. The van der Waals surface area contributed by atoms with Crippen molar-refractivity contribution >= 4 is 23.0 Å². The van der Waals surface area contributed by atoms with Gasteiger partial charge < -0.3 is 4.74 Å². The molecule has 122 valence electrons. The summed E-state index contributed by atoms with van der Waals surface area (Å²) in [5, 5.41) is 0. The number of methoxy groups -OCH3 is 1. The van der Waals surface area contributed by atoms with E-state index in [4.69, 9.17) is 16.2 Å². The molecular weight excluding hydrogens is 334 g/mol. The normalized spacial score (nSPS) is 12.4. The number of carbonyl (C=O) groups excluding carboxylic acids is 1. The van der Waals surface area contributed by atoms with Crippen molar-refractivity contribution in [2.45, 2.75) is 6.54 Å². The van der Waals surface area contributed by atoms with Gasteiger partial charge in [-0.1, -0.05) is 36.3 Å². The number of aromatic nitrogens is 2. The quantitative estimate of drug-likeness (QED) is 0.529. The number of imidazole rings is 1. The first-order chi connectivity index (χ1) is 12.2. The van der Waals surface area contributed by atoms with Crippen LogP contribution in [-0.4, -0.2) is 28.3 Å². The zero-order valence-corrected chi connectivity index (χ0v) is 14.2. The third-order valence-electron chi connectivity index (χ3n) is 4.01. The van der Waals surface area contributed by atoms with Gasteiger partial charge in [0.25, 0.3) is 0 Å². The molecule has 0 atom stereocenters. The van der Waals surface area contributed by atoms with Gasteiger partial charge >= 0.3 is 5.97 Å². The van der Waals surface area contributed by atoms with Crippen LogP contribution in [0.3, 0.4) is 0 Å². The number of rotatable bonds is 2. The number of esters is 1. The van der Waals surface area contributed by atoms with Crippen molar-refractivity contribution < 1.29 is 9.53 Å². The van der Waals surface area contributed by atoms with Crippen LogP contribution >= 0.6 is 11.3 Å². The second kappa shape index (κ2) is 6.04. The summed E-state index contributed by atoms with van der Waals surface area (Å²) < 4.78 is 6.71. The van der Waals surface area contributed by atoms with E-state index in [2.05, 4.69) is 10.9 Å². The number of nitrogens with zero attached hydrogens (tertiary/aromatic N) is 3. The number of hydrogen-bond donors (Lipinski definition) is 0. The Kier molecular flexibility index (Phi) is 3.71. The van der Waals surface area contributed by atoms with Gasteiger partial charge in [-0.05, 0) is 6.07 Å². The molecule has 5 nitrogen and oxygen atoms in total. The first kappa shape index (κ1) is 15.4. The van der Waals surface area contributed by atoms with E-state index in [0.717, 1.165) is 26.7 Å².